The van der Waals surface area contributed by atoms with Crippen LogP contribution in [0.15, 0.2) is 48.5 Å². The zero-order chi connectivity index (χ0) is 13.8. The minimum absolute atomic E-state index is 0.111. The minimum Gasteiger partial charge on any atom is -0.507 e. The van der Waals surface area contributed by atoms with Crippen molar-refractivity contribution in [3.8, 4) is 11.5 Å². The van der Waals surface area contributed by atoms with Crippen molar-refractivity contribution in [3.63, 3.8) is 0 Å². The van der Waals surface area contributed by atoms with Crippen molar-refractivity contribution in [2.45, 2.75) is 25.9 Å². The molecule has 3 nitrogen and oxygen atoms in total. The maximum absolute atomic E-state index is 9.85. The molecule has 2 aromatic rings. The fourth-order valence-electron chi connectivity index (χ4n) is 2.28. The molecule has 0 aliphatic carbocycles. The average Bonchev–Trinajstić information content (AvgIpc) is 2.39. The Kier molecular flexibility index (Phi) is 4.07. The van der Waals surface area contributed by atoms with E-state index in [-0.39, 0.29) is 23.6 Å². The van der Waals surface area contributed by atoms with Crippen molar-refractivity contribution >= 4 is 0 Å². The van der Waals surface area contributed by atoms with E-state index in [0.717, 1.165) is 0 Å². The highest BCUT2D eigenvalue weighted by Gasteiger charge is 2.17. The molecular formula is C16H19NO2. The summed E-state index contributed by atoms with van der Waals surface area (Å²) in [7, 11) is 0. The van der Waals surface area contributed by atoms with Gasteiger partial charge in [0, 0.05) is 12.1 Å². The van der Waals surface area contributed by atoms with Gasteiger partial charge in [0.05, 0.1) is 5.56 Å². The van der Waals surface area contributed by atoms with Crippen LogP contribution in [-0.2, 0) is 0 Å². The molecule has 3 N–H and O–H groups in total. The maximum atomic E-state index is 9.85. The number of benzene rings is 2. The van der Waals surface area contributed by atoms with Gasteiger partial charge in [0.15, 0.2) is 0 Å². The Morgan fingerprint density at radius 2 is 1.37 bits per heavy atom. The molecule has 0 aromatic heterocycles. The number of nitrogens with one attached hydrogen (secondary N) is 1. The molecular weight excluding hydrogens is 238 g/mol. The van der Waals surface area contributed by atoms with E-state index in [1.807, 2.05) is 25.1 Å². The molecule has 2 aromatic carbocycles. The van der Waals surface area contributed by atoms with Crippen LogP contribution in [0.2, 0.25) is 0 Å². The molecule has 0 aliphatic rings. The summed E-state index contributed by atoms with van der Waals surface area (Å²) in [6, 6.07) is 14.9. The van der Waals surface area contributed by atoms with Gasteiger partial charge in [-0.15, -0.1) is 0 Å². The van der Waals surface area contributed by atoms with Crippen LogP contribution < -0.4 is 5.32 Å². The van der Waals surface area contributed by atoms with Gasteiger partial charge in [-0.25, -0.2) is 0 Å². The monoisotopic (exact) mass is 257 g/mol. The van der Waals surface area contributed by atoms with Gasteiger partial charge in [-0.2, -0.15) is 0 Å². The highest BCUT2D eigenvalue weighted by atomic mass is 16.3. The molecule has 0 aliphatic heterocycles. The van der Waals surface area contributed by atoms with Crippen molar-refractivity contribution in [3.05, 3.63) is 59.7 Å². The van der Waals surface area contributed by atoms with Gasteiger partial charge < -0.3 is 15.5 Å². The van der Waals surface area contributed by atoms with Crippen molar-refractivity contribution in [2.75, 3.05) is 0 Å². The first-order valence-corrected chi connectivity index (χ1v) is 6.41. The van der Waals surface area contributed by atoms with Crippen LogP contribution in [0.25, 0.3) is 0 Å². The highest BCUT2D eigenvalue weighted by Crippen LogP contribution is 2.33. The van der Waals surface area contributed by atoms with Gasteiger partial charge in [0.25, 0.3) is 0 Å². The molecule has 0 heterocycles. The zero-order valence-corrected chi connectivity index (χ0v) is 11.2. The lowest BCUT2D eigenvalue weighted by atomic mass is 10.0. The molecule has 0 radical (unpaired) electrons. The summed E-state index contributed by atoms with van der Waals surface area (Å²) >= 11 is 0. The van der Waals surface area contributed by atoms with E-state index in [9.17, 15) is 10.2 Å². The van der Waals surface area contributed by atoms with E-state index in [4.69, 9.17) is 0 Å². The van der Waals surface area contributed by atoms with Crippen LogP contribution in [0, 0.1) is 0 Å². The number of hydrogen-bond acceptors (Lipinski definition) is 3. The lowest BCUT2D eigenvalue weighted by Gasteiger charge is -2.22. The lowest BCUT2D eigenvalue weighted by molar-refractivity contribution is 0.407. The third kappa shape index (κ3) is 3.06. The highest BCUT2D eigenvalue weighted by molar-refractivity contribution is 5.45. The third-order valence-corrected chi connectivity index (χ3v) is 3.29. The molecule has 0 spiro atoms. The molecule has 2 unspecified atom stereocenters. The van der Waals surface area contributed by atoms with Gasteiger partial charge in [-0.1, -0.05) is 36.4 Å². The van der Waals surface area contributed by atoms with Gasteiger partial charge in [0.1, 0.15) is 11.5 Å². The van der Waals surface area contributed by atoms with E-state index in [2.05, 4.69) is 24.4 Å². The molecule has 2 rings (SSSR count). The number of phenolic OH excluding ortho intramolecular Hbond substituents is 2. The molecule has 3 heteroatoms. The van der Waals surface area contributed by atoms with E-state index in [1.165, 1.54) is 5.56 Å². The lowest BCUT2D eigenvalue weighted by Crippen LogP contribution is -2.22. The fourth-order valence-corrected chi connectivity index (χ4v) is 2.28. The first-order valence-electron chi connectivity index (χ1n) is 6.41. The van der Waals surface area contributed by atoms with Gasteiger partial charge in [0.2, 0.25) is 0 Å². The Morgan fingerprint density at radius 3 is 1.95 bits per heavy atom. The van der Waals surface area contributed by atoms with Crippen molar-refractivity contribution in [1.82, 2.24) is 5.32 Å². The SMILES string of the molecule is CC(NC(C)c1c(O)cccc1O)c1ccccc1. The summed E-state index contributed by atoms with van der Waals surface area (Å²) in [4.78, 5) is 0. The van der Waals surface area contributed by atoms with Crippen LogP contribution in [-0.4, -0.2) is 10.2 Å². The zero-order valence-electron chi connectivity index (χ0n) is 11.2. The predicted octanol–water partition coefficient (Wildman–Crippen LogP) is 3.51. The number of hydrogen-bond donors (Lipinski definition) is 3. The second-order valence-corrected chi connectivity index (χ2v) is 4.73. The van der Waals surface area contributed by atoms with Crippen molar-refractivity contribution < 1.29 is 10.2 Å². The number of aromatic hydroxyl groups is 2. The van der Waals surface area contributed by atoms with Gasteiger partial charge >= 0.3 is 0 Å². The Morgan fingerprint density at radius 1 is 0.789 bits per heavy atom. The largest absolute Gasteiger partial charge is 0.507 e. The molecule has 100 valence electrons. The van der Waals surface area contributed by atoms with E-state index in [0.29, 0.717) is 5.56 Å². The first kappa shape index (κ1) is 13.4. The molecule has 0 bridgehead atoms. The topological polar surface area (TPSA) is 52.5 Å². The summed E-state index contributed by atoms with van der Waals surface area (Å²) in [5.74, 6) is 0.223. The number of phenols is 2. The Bertz CT molecular complexity index is 519. The quantitative estimate of drug-likeness (QED) is 0.785. The summed E-state index contributed by atoms with van der Waals surface area (Å²) in [5.41, 5.74) is 1.70. The molecule has 2 atom stereocenters. The fraction of sp³-hybridized carbons (Fsp3) is 0.250. The normalized spacial score (nSPS) is 14.0. The third-order valence-electron chi connectivity index (χ3n) is 3.29. The average molecular weight is 257 g/mol. The van der Waals surface area contributed by atoms with E-state index >= 15 is 0 Å². The number of rotatable bonds is 4. The Hall–Kier alpha value is -2.00. The molecule has 0 amide bonds. The maximum Gasteiger partial charge on any atom is 0.124 e. The first-order chi connectivity index (χ1) is 9.09. The van der Waals surface area contributed by atoms with Crippen LogP contribution in [0.3, 0.4) is 0 Å². The predicted molar refractivity (Wildman–Crippen MR) is 76.2 cm³/mol. The smallest absolute Gasteiger partial charge is 0.124 e. The van der Waals surface area contributed by atoms with Crippen LogP contribution in [0.5, 0.6) is 11.5 Å². The molecule has 0 saturated carbocycles. The van der Waals surface area contributed by atoms with Crippen molar-refractivity contribution in [1.29, 1.82) is 0 Å². The molecule has 0 fully saturated rings. The van der Waals surface area contributed by atoms with Crippen molar-refractivity contribution in [2.24, 2.45) is 0 Å². The second-order valence-electron chi connectivity index (χ2n) is 4.73. The summed E-state index contributed by atoms with van der Waals surface area (Å²) in [5, 5.41) is 23.1. The van der Waals surface area contributed by atoms with Crippen LogP contribution in [0.4, 0.5) is 0 Å². The summed E-state index contributed by atoms with van der Waals surface area (Å²) < 4.78 is 0. The van der Waals surface area contributed by atoms with Crippen LogP contribution >= 0.6 is 0 Å². The summed E-state index contributed by atoms with van der Waals surface area (Å²) in [6.07, 6.45) is 0. The van der Waals surface area contributed by atoms with E-state index < -0.39 is 0 Å². The van der Waals surface area contributed by atoms with E-state index in [1.54, 1.807) is 18.2 Å². The second kappa shape index (κ2) is 5.76. The van der Waals surface area contributed by atoms with Gasteiger partial charge in [-0.3, -0.25) is 0 Å². The molecule has 0 saturated heterocycles. The minimum atomic E-state index is -0.142. The van der Waals surface area contributed by atoms with Crippen LogP contribution in [0.1, 0.15) is 37.1 Å². The van der Waals surface area contributed by atoms with Gasteiger partial charge in [-0.05, 0) is 31.5 Å². The standard InChI is InChI=1S/C16H19NO2/c1-11(13-7-4-3-5-8-13)17-12(2)16-14(18)9-6-10-15(16)19/h3-12,17-19H,1-2H3. The Labute approximate surface area is 113 Å². The Balaban J connectivity index is 2.15. The molecule has 19 heavy (non-hydrogen) atoms. The summed E-state index contributed by atoms with van der Waals surface area (Å²) in [6.45, 7) is 3.98.